The zero-order valence-corrected chi connectivity index (χ0v) is 12.2. The highest BCUT2D eigenvalue weighted by atomic mass is 16.3. The molecule has 0 radical (unpaired) electrons. The second-order valence-corrected chi connectivity index (χ2v) is 7.02. The zero-order valence-electron chi connectivity index (χ0n) is 12.2. The first kappa shape index (κ1) is 14.8. The smallest absolute Gasteiger partial charge is 0.227 e. The van der Waals surface area contributed by atoms with Crippen molar-refractivity contribution in [3.63, 3.8) is 0 Å². The standard InChI is InChI=1S/C15H28N2O2/c1-11-5-3-8-15(19,9-11)10-17-13(18)14(2)7-4-6-12(14)16/h11-12,19H,3-10,16H2,1-2H3,(H,17,18). The van der Waals surface area contributed by atoms with Crippen LogP contribution in [-0.2, 0) is 4.79 Å². The predicted octanol–water partition coefficient (Wildman–Crippen LogP) is 1.56. The SMILES string of the molecule is CC1CCCC(O)(CNC(=O)C2(C)CCCC2N)C1. The highest BCUT2D eigenvalue weighted by Gasteiger charge is 2.43. The molecule has 4 N–H and O–H groups in total. The van der Waals surface area contributed by atoms with Gasteiger partial charge in [0.05, 0.1) is 11.0 Å². The van der Waals surface area contributed by atoms with E-state index < -0.39 is 11.0 Å². The van der Waals surface area contributed by atoms with Crippen molar-refractivity contribution in [2.75, 3.05) is 6.54 Å². The van der Waals surface area contributed by atoms with Gasteiger partial charge in [-0.3, -0.25) is 4.79 Å². The Balaban J connectivity index is 1.89. The average molecular weight is 268 g/mol. The number of nitrogens with one attached hydrogen (secondary N) is 1. The Labute approximate surface area is 116 Å². The van der Waals surface area contributed by atoms with Crippen LogP contribution in [0.25, 0.3) is 0 Å². The first-order valence-corrected chi connectivity index (χ1v) is 7.62. The number of hydrogen-bond acceptors (Lipinski definition) is 3. The Morgan fingerprint density at radius 3 is 2.63 bits per heavy atom. The number of aliphatic hydroxyl groups is 1. The fraction of sp³-hybridized carbons (Fsp3) is 0.933. The molecule has 0 aliphatic heterocycles. The van der Waals surface area contributed by atoms with Crippen molar-refractivity contribution in [3.05, 3.63) is 0 Å². The van der Waals surface area contributed by atoms with Gasteiger partial charge in [-0.2, -0.15) is 0 Å². The van der Waals surface area contributed by atoms with Gasteiger partial charge in [0, 0.05) is 12.6 Å². The molecule has 2 aliphatic rings. The molecule has 0 spiro atoms. The monoisotopic (exact) mass is 268 g/mol. The van der Waals surface area contributed by atoms with Crippen LogP contribution in [0.15, 0.2) is 0 Å². The third-order valence-corrected chi connectivity index (χ3v) is 5.19. The third-order valence-electron chi connectivity index (χ3n) is 5.19. The molecular weight excluding hydrogens is 240 g/mol. The van der Waals surface area contributed by atoms with Crippen LogP contribution in [0.4, 0.5) is 0 Å². The topological polar surface area (TPSA) is 75.3 Å². The Morgan fingerprint density at radius 2 is 2.05 bits per heavy atom. The Hall–Kier alpha value is -0.610. The molecule has 1 amide bonds. The van der Waals surface area contributed by atoms with Crippen molar-refractivity contribution in [2.45, 2.75) is 70.4 Å². The van der Waals surface area contributed by atoms with Gasteiger partial charge in [0.15, 0.2) is 0 Å². The third kappa shape index (κ3) is 3.11. The second kappa shape index (κ2) is 5.41. The molecule has 2 aliphatic carbocycles. The summed E-state index contributed by atoms with van der Waals surface area (Å²) < 4.78 is 0. The van der Waals surface area contributed by atoms with Crippen LogP contribution in [-0.4, -0.2) is 29.2 Å². The lowest BCUT2D eigenvalue weighted by Gasteiger charge is -2.37. The Bertz CT molecular complexity index is 347. The van der Waals surface area contributed by atoms with Gasteiger partial charge in [0.1, 0.15) is 0 Å². The van der Waals surface area contributed by atoms with Gasteiger partial charge in [0.2, 0.25) is 5.91 Å². The molecule has 0 bridgehead atoms. The number of amides is 1. The van der Waals surface area contributed by atoms with Gasteiger partial charge in [-0.05, 0) is 38.5 Å². The maximum Gasteiger partial charge on any atom is 0.227 e. The largest absolute Gasteiger partial charge is 0.388 e. The van der Waals surface area contributed by atoms with Crippen LogP contribution in [0.1, 0.15) is 58.8 Å². The highest BCUT2D eigenvalue weighted by molar-refractivity contribution is 5.83. The molecular formula is C15H28N2O2. The van der Waals surface area contributed by atoms with E-state index in [1.807, 2.05) is 6.92 Å². The van der Waals surface area contributed by atoms with Gasteiger partial charge in [0.25, 0.3) is 0 Å². The number of carbonyl (C=O) groups excluding carboxylic acids is 1. The lowest BCUT2D eigenvalue weighted by molar-refractivity contribution is -0.132. The minimum Gasteiger partial charge on any atom is -0.388 e. The van der Waals surface area contributed by atoms with E-state index in [-0.39, 0.29) is 11.9 Å². The Morgan fingerprint density at radius 1 is 1.37 bits per heavy atom. The second-order valence-electron chi connectivity index (χ2n) is 7.02. The van der Waals surface area contributed by atoms with Gasteiger partial charge in [-0.1, -0.05) is 26.2 Å². The van der Waals surface area contributed by atoms with Crippen LogP contribution >= 0.6 is 0 Å². The van der Waals surface area contributed by atoms with Crippen LogP contribution in [0.5, 0.6) is 0 Å². The number of rotatable bonds is 3. The molecule has 4 heteroatoms. The quantitative estimate of drug-likeness (QED) is 0.727. The molecule has 4 atom stereocenters. The van der Waals surface area contributed by atoms with E-state index in [9.17, 15) is 9.90 Å². The van der Waals surface area contributed by atoms with E-state index in [0.717, 1.165) is 38.5 Å². The molecule has 4 nitrogen and oxygen atoms in total. The van der Waals surface area contributed by atoms with Crippen LogP contribution in [0.3, 0.4) is 0 Å². The molecule has 0 aromatic carbocycles. The molecule has 4 unspecified atom stereocenters. The molecule has 19 heavy (non-hydrogen) atoms. The summed E-state index contributed by atoms with van der Waals surface area (Å²) in [6.07, 6.45) is 6.60. The van der Waals surface area contributed by atoms with E-state index in [0.29, 0.717) is 12.5 Å². The summed E-state index contributed by atoms with van der Waals surface area (Å²) in [4.78, 5) is 12.3. The predicted molar refractivity (Wildman–Crippen MR) is 75.5 cm³/mol. The number of nitrogens with two attached hydrogens (primary N) is 1. The first-order valence-electron chi connectivity index (χ1n) is 7.62. The zero-order chi connectivity index (χ0) is 14.1. The average Bonchev–Trinajstić information content (AvgIpc) is 2.68. The lowest BCUT2D eigenvalue weighted by Crippen LogP contribution is -2.52. The van der Waals surface area contributed by atoms with E-state index in [1.54, 1.807) is 0 Å². The fourth-order valence-corrected chi connectivity index (χ4v) is 3.71. The summed E-state index contributed by atoms with van der Waals surface area (Å²) in [7, 11) is 0. The maximum atomic E-state index is 12.3. The molecule has 0 saturated heterocycles. The first-order chi connectivity index (χ1) is 8.86. The molecule has 110 valence electrons. The summed E-state index contributed by atoms with van der Waals surface area (Å²) in [6, 6.07) is -0.0487. The summed E-state index contributed by atoms with van der Waals surface area (Å²) in [5, 5.41) is 13.5. The van der Waals surface area contributed by atoms with Crippen molar-refractivity contribution < 1.29 is 9.90 Å². The van der Waals surface area contributed by atoms with Crippen molar-refractivity contribution in [2.24, 2.45) is 17.1 Å². The molecule has 2 fully saturated rings. The summed E-state index contributed by atoms with van der Waals surface area (Å²) in [5.41, 5.74) is 4.89. The van der Waals surface area contributed by atoms with Crippen LogP contribution in [0, 0.1) is 11.3 Å². The molecule has 2 saturated carbocycles. The molecule has 0 aromatic heterocycles. The Kier molecular flexibility index (Phi) is 4.21. The lowest BCUT2D eigenvalue weighted by atomic mass is 9.78. The summed E-state index contributed by atoms with van der Waals surface area (Å²) in [5.74, 6) is 0.559. The number of hydrogen-bond donors (Lipinski definition) is 3. The minimum absolute atomic E-state index is 0.0177. The summed E-state index contributed by atoms with van der Waals surface area (Å²) >= 11 is 0. The summed E-state index contributed by atoms with van der Waals surface area (Å²) in [6.45, 7) is 4.49. The van der Waals surface area contributed by atoms with Gasteiger partial charge in [-0.25, -0.2) is 0 Å². The van der Waals surface area contributed by atoms with Crippen LogP contribution in [0.2, 0.25) is 0 Å². The molecule has 0 aromatic rings. The van der Waals surface area contributed by atoms with E-state index >= 15 is 0 Å². The number of carbonyl (C=O) groups is 1. The maximum absolute atomic E-state index is 12.3. The normalized spacial score (nSPS) is 43.2. The van der Waals surface area contributed by atoms with E-state index in [4.69, 9.17) is 5.73 Å². The van der Waals surface area contributed by atoms with Crippen molar-refractivity contribution in [1.29, 1.82) is 0 Å². The highest BCUT2D eigenvalue weighted by Crippen LogP contribution is 2.37. The van der Waals surface area contributed by atoms with Gasteiger partial charge >= 0.3 is 0 Å². The van der Waals surface area contributed by atoms with Crippen molar-refractivity contribution in [3.8, 4) is 0 Å². The van der Waals surface area contributed by atoms with Crippen LogP contribution < -0.4 is 11.1 Å². The fourth-order valence-electron chi connectivity index (χ4n) is 3.71. The molecule has 2 rings (SSSR count). The van der Waals surface area contributed by atoms with Crippen molar-refractivity contribution >= 4 is 5.91 Å². The van der Waals surface area contributed by atoms with Crippen molar-refractivity contribution in [1.82, 2.24) is 5.32 Å². The van der Waals surface area contributed by atoms with Gasteiger partial charge in [-0.15, -0.1) is 0 Å². The van der Waals surface area contributed by atoms with E-state index in [2.05, 4.69) is 12.2 Å². The minimum atomic E-state index is -0.716. The molecule has 0 heterocycles. The van der Waals surface area contributed by atoms with Gasteiger partial charge < -0.3 is 16.2 Å². The van der Waals surface area contributed by atoms with E-state index in [1.165, 1.54) is 6.42 Å².